The Balaban J connectivity index is 1.47. The molecular weight excluding hydrogens is 422 g/mol. The lowest BCUT2D eigenvalue weighted by Crippen LogP contribution is -2.48. The molecule has 0 bridgehead atoms. The number of hydrazine groups is 1. The maximum Gasteiger partial charge on any atom is 0.250 e. The van der Waals surface area contributed by atoms with Crippen molar-refractivity contribution in [1.29, 1.82) is 0 Å². The number of benzene rings is 1. The SMILES string of the molecule is COc1cc(N2CCNCC2)ccc1NN1C=C(N2CCNCC2)n2ccnc2C1C(N)=O. The summed E-state index contributed by atoms with van der Waals surface area (Å²) in [6.07, 6.45) is 5.51. The molecule has 33 heavy (non-hydrogen) atoms. The van der Waals surface area contributed by atoms with E-state index in [4.69, 9.17) is 10.5 Å². The lowest BCUT2D eigenvalue weighted by Gasteiger charge is -2.39. The number of carbonyl (C=O) groups excluding carboxylic acids is 1. The Morgan fingerprint density at radius 2 is 1.82 bits per heavy atom. The second-order valence-corrected chi connectivity index (χ2v) is 8.33. The van der Waals surface area contributed by atoms with E-state index in [1.165, 1.54) is 0 Å². The van der Waals surface area contributed by atoms with E-state index in [-0.39, 0.29) is 0 Å². The first-order valence-electron chi connectivity index (χ1n) is 11.3. The molecule has 5 N–H and O–H groups in total. The van der Waals surface area contributed by atoms with Gasteiger partial charge < -0.3 is 30.9 Å². The van der Waals surface area contributed by atoms with E-state index in [0.717, 1.165) is 69.6 Å². The fourth-order valence-electron chi connectivity index (χ4n) is 4.62. The predicted molar refractivity (Wildman–Crippen MR) is 126 cm³/mol. The number of nitrogens with zero attached hydrogens (tertiary/aromatic N) is 5. The molecule has 176 valence electrons. The van der Waals surface area contributed by atoms with Gasteiger partial charge in [0.05, 0.1) is 19.0 Å². The first-order valence-corrected chi connectivity index (χ1v) is 11.3. The molecule has 2 aromatic rings. The molecule has 1 atom stereocenters. The third-order valence-electron chi connectivity index (χ3n) is 6.32. The molecule has 2 fully saturated rings. The number of piperazine rings is 2. The van der Waals surface area contributed by atoms with Crippen LogP contribution in [0.2, 0.25) is 0 Å². The predicted octanol–water partition coefficient (Wildman–Crippen LogP) is -0.168. The molecule has 3 aliphatic rings. The number of rotatable bonds is 6. The molecule has 4 heterocycles. The zero-order chi connectivity index (χ0) is 22.8. The van der Waals surface area contributed by atoms with Gasteiger partial charge in [-0.3, -0.25) is 19.8 Å². The minimum atomic E-state index is -0.760. The zero-order valence-electron chi connectivity index (χ0n) is 18.8. The van der Waals surface area contributed by atoms with Gasteiger partial charge in [0.25, 0.3) is 0 Å². The fraction of sp³-hybridized carbons (Fsp3) is 0.455. The van der Waals surface area contributed by atoms with Crippen molar-refractivity contribution in [3.05, 3.63) is 42.6 Å². The molecule has 2 saturated heterocycles. The third kappa shape index (κ3) is 4.16. The molecule has 3 aliphatic heterocycles. The van der Waals surface area contributed by atoms with Gasteiger partial charge in [0, 0.05) is 76.5 Å². The van der Waals surface area contributed by atoms with Crippen LogP contribution in [0.25, 0.3) is 5.82 Å². The van der Waals surface area contributed by atoms with Gasteiger partial charge in [-0.15, -0.1) is 0 Å². The van der Waals surface area contributed by atoms with Gasteiger partial charge in [0.1, 0.15) is 17.4 Å². The van der Waals surface area contributed by atoms with Gasteiger partial charge in [-0.25, -0.2) is 4.98 Å². The average molecular weight is 454 g/mol. The Hall–Kier alpha value is -3.44. The number of anilines is 2. The molecular formula is C22H31N9O2. The van der Waals surface area contributed by atoms with Crippen LogP contribution >= 0.6 is 0 Å². The summed E-state index contributed by atoms with van der Waals surface area (Å²) < 4.78 is 7.65. The summed E-state index contributed by atoms with van der Waals surface area (Å²) in [7, 11) is 1.65. The maximum absolute atomic E-state index is 12.5. The van der Waals surface area contributed by atoms with Crippen molar-refractivity contribution in [1.82, 2.24) is 30.1 Å². The van der Waals surface area contributed by atoms with Crippen LogP contribution in [0.15, 0.2) is 36.8 Å². The number of nitrogens with two attached hydrogens (primary N) is 1. The fourth-order valence-corrected chi connectivity index (χ4v) is 4.62. The Morgan fingerprint density at radius 1 is 1.12 bits per heavy atom. The standard InChI is InChI=1S/C22H31N9O2/c1-33-18-14-16(28-9-4-24-5-10-28)2-3-17(18)27-31-15-19(29-11-6-25-7-12-29)30-13-8-26-22(30)20(31)21(23)32/h2-3,8,13-15,20,24-25,27H,4-7,9-12H2,1H3,(H2,23,32). The van der Waals surface area contributed by atoms with Crippen LogP contribution in [-0.2, 0) is 4.79 Å². The second-order valence-electron chi connectivity index (χ2n) is 8.33. The molecule has 1 unspecified atom stereocenters. The van der Waals surface area contributed by atoms with Crippen LogP contribution in [0.5, 0.6) is 5.75 Å². The number of methoxy groups -OCH3 is 1. The minimum Gasteiger partial charge on any atom is -0.494 e. The van der Waals surface area contributed by atoms with Gasteiger partial charge in [-0.2, -0.15) is 0 Å². The molecule has 5 rings (SSSR count). The van der Waals surface area contributed by atoms with E-state index in [1.54, 1.807) is 18.3 Å². The summed E-state index contributed by atoms with van der Waals surface area (Å²) in [6, 6.07) is 5.32. The van der Waals surface area contributed by atoms with E-state index in [0.29, 0.717) is 11.6 Å². The van der Waals surface area contributed by atoms with Crippen LogP contribution in [0.4, 0.5) is 11.4 Å². The molecule has 0 spiro atoms. The molecule has 11 heteroatoms. The van der Waals surface area contributed by atoms with Gasteiger partial charge in [0.2, 0.25) is 5.91 Å². The third-order valence-corrected chi connectivity index (χ3v) is 6.32. The van der Waals surface area contributed by atoms with Crippen LogP contribution in [-0.4, -0.2) is 84.8 Å². The Bertz CT molecular complexity index is 1020. The zero-order valence-corrected chi connectivity index (χ0v) is 18.8. The highest BCUT2D eigenvalue weighted by atomic mass is 16.5. The topological polar surface area (TPSA) is 116 Å². The van der Waals surface area contributed by atoms with Crippen molar-refractivity contribution in [3.8, 4) is 5.75 Å². The van der Waals surface area contributed by atoms with Gasteiger partial charge in [-0.05, 0) is 12.1 Å². The molecule has 11 nitrogen and oxygen atoms in total. The normalized spacial score (nSPS) is 20.8. The number of amides is 1. The average Bonchev–Trinajstić information content (AvgIpc) is 3.34. The number of fused-ring (bicyclic) bond motifs is 1. The number of aromatic nitrogens is 2. The van der Waals surface area contributed by atoms with Gasteiger partial charge in [-0.1, -0.05) is 0 Å². The second kappa shape index (κ2) is 9.20. The van der Waals surface area contributed by atoms with E-state index >= 15 is 0 Å². The summed E-state index contributed by atoms with van der Waals surface area (Å²) >= 11 is 0. The number of hydrogen-bond acceptors (Lipinski definition) is 9. The summed E-state index contributed by atoms with van der Waals surface area (Å²) in [5.74, 6) is 1.75. The largest absolute Gasteiger partial charge is 0.494 e. The van der Waals surface area contributed by atoms with Crippen LogP contribution in [0.3, 0.4) is 0 Å². The summed E-state index contributed by atoms with van der Waals surface area (Å²) in [4.78, 5) is 21.6. The lowest BCUT2D eigenvalue weighted by atomic mass is 10.2. The van der Waals surface area contributed by atoms with E-state index in [9.17, 15) is 4.79 Å². The summed E-state index contributed by atoms with van der Waals surface area (Å²) in [5, 5.41) is 8.49. The quantitative estimate of drug-likeness (QED) is 0.473. The highest BCUT2D eigenvalue weighted by Gasteiger charge is 2.35. The van der Waals surface area contributed by atoms with Crippen molar-refractivity contribution in [2.45, 2.75) is 6.04 Å². The van der Waals surface area contributed by atoms with E-state index in [2.05, 4.69) is 36.9 Å². The smallest absolute Gasteiger partial charge is 0.250 e. The Kier molecular flexibility index (Phi) is 5.97. The summed E-state index contributed by atoms with van der Waals surface area (Å²) in [5.41, 5.74) is 11.1. The molecule has 0 aliphatic carbocycles. The van der Waals surface area contributed by atoms with Gasteiger partial charge in [0.15, 0.2) is 6.04 Å². The van der Waals surface area contributed by atoms with Crippen LogP contribution in [0.1, 0.15) is 11.9 Å². The van der Waals surface area contributed by atoms with E-state index < -0.39 is 11.9 Å². The Labute approximate surface area is 193 Å². The van der Waals surface area contributed by atoms with Crippen LogP contribution < -0.4 is 31.4 Å². The number of primary amides is 1. The van der Waals surface area contributed by atoms with Crippen molar-refractivity contribution < 1.29 is 9.53 Å². The van der Waals surface area contributed by atoms with Crippen LogP contribution in [0, 0.1) is 0 Å². The molecule has 1 aromatic carbocycles. The number of imidazole rings is 1. The van der Waals surface area contributed by atoms with Crippen molar-refractivity contribution in [3.63, 3.8) is 0 Å². The maximum atomic E-state index is 12.5. The Morgan fingerprint density at radius 3 is 2.48 bits per heavy atom. The first kappa shape index (κ1) is 21.4. The minimum absolute atomic E-state index is 0.484. The first-order chi connectivity index (χ1) is 16.2. The molecule has 1 amide bonds. The number of ether oxygens (including phenoxy) is 1. The summed E-state index contributed by atoms with van der Waals surface area (Å²) in [6.45, 7) is 7.34. The highest BCUT2D eigenvalue weighted by Crippen LogP contribution is 2.35. The monoisotopic (exact) mass is 453 g/mol. The van der Waals surface area contributed by atoms with Crippen molar-refractivity contribution >= 4 is 23.1 Å². The molecule has 0 radical (unpaired) electrons. The molecule has 1 aromatic heterocycles. The van der Waals surface area contributed by atoms with Gasteiger partial charge >= 0.3 is 0 Å². The van der Waals surface area contributed by atoms with Crippen molar-refractivity contribution in [2.75, 3.05) is 69.8 Å². The molecule has 0 saturated carbocycles. The number of hydrogen-bond donors (Lipinski definition) is 4. The number of carbonyl (C=O) groups is 1. The number of nitrogens with one attached hydrogen (secondary N) is 3. The lowest BCUT2D eigenvalue weighted by molar-refractivity contribution is -0.122. The van der Waals surface area contributed by atoms with E-state index in [1.807, 2.05) is 29.1 Å². The highest BCUT2D eigenvalue weighted by molar-refractivity contribution is 5.82. The van der Waals surface area contributed by atoms with Crippen molar-refractivity contribution in [2.24, 2.45) is 5.73 Å².